The molecule has 0 saturated heterocycles. The second kappa shape index (κ2) is 13.8. The minimum atomic E-state index is -1.11. The lowest BCUT2D eigenvalue weighted by molar-refractivity contribution is -0.137. The SMILES string of the molecule is CCCCc1nc(Cl)c(CCC(=O)O)n1Cc1ccc(NC(=O)C(Cc2ccccc2)n2cccc2C(=O)O)cc1. The number of aliphatic carboxylic acids is 1. The van der Waals surface area contributed by atoms with Crippen molar-refractivity contribution in [1.82, 2.24) is 14.1 Å². The topological polar surface area (TPSA) is 126 Å². The van der Waals surface area contributed by atoms with Crippen LogP contribution in [0, 0.1) is 0 Å². The highest BCUT2D eigenvalue weighted by Gasteiger charge is 2.25. The molecule has 0 saturated carbocycles. The number of aryl methyl sites for hydroxylation is 1. The highest BCUT2D eigenvalue weighted by atomic mass is 35.5. The third-order valence-electron chi connectivity index (χ3n) is 6.90. The molecule has 2 aromatic carbocycles. The summed E-state index contributed by atoms with van der Waals surface area (Å²) in [5, 5.41) is 22.1. The summed E-state index contributed by atoms with van der Waals surface area (Å²) in [5.41, 5.74) is 3.15. The molecule has 0 aliphatic heterocycles. The van der Waals surface area contributed by atoms with Crippen molar-refractivity contribution in [2.24, 2.45) is 0 Å². The van der Waals surface area contributed by atoms with Crippen LogP contribution in [0.1, 0.15) is 65.4 Å². The molecule has 3 N–H and O–H groups in total. The first-order valence-corrected chi connectivity index (χ1v) is 13.9. The maximum Gasteiger partial charge on any atom is 0.352 e. The van der Waals surface area contributed by atoms with Crippen LogP contribution in [0.2, 0.25) is 5.15 Å². The highest BCUT2D eigenvalue weighted by molar-refractivity contribution is 6.30. The first-order chi connectivity index (χ1) is 19.8. The summed E-state index contributed by atoms with van der Waals surface area (Å²) >= 11 is 6.41. The van der Waals surface area contributed by atoms with E-state index in [1.165, 1.54) is 10.6 Å². The Labute approximate surface area is 243 Å². The summed E-state index contributed by atoms with van der Waals surface area (Å²) < 4.78 is 3.47. The minimum Gasteiger partial charge on any atom is -0.481 e. The van der Waals surface area contributed by atoms with Gasteiger partial charge in [0.2, 0.25) is 5.91 Å². The van der Waals surface area contributed by atoms with Crippen molar-refractivity contribution in [3.05, 3.63) is 106 Å². The molecule has 214 valence electrons. The van der Waals surface area contributed by atoms with Gasteiger partial charge in [0.15, 0.2) is 5.15 Å². The molecule has 0 aliphatic carbocycles. The predicted octanol–water partition coefficient (Wildman–Crippen LogP) is 5.87. The second-order valence-electron chi connectivity index (χ2n) is 9.85. The lowest BCUT2D eigenvalue weighted by Gasteiger charge is -2.21. The smallest absolute Gasteiger partial charge is 0.352 e. The molecule has 2 aromatic heterocycles. The number of hydrogen-bond acceptors (Lipinski definition) is 4. The van der Waals surface area contributed by atoms with Gasteiger partial charge in [-0.15, -0.1) is 0 Å². The van der Waals surface area contributed by atoms with Gasteiger partial charge in [0.1, 0.15) is 17.6 Å². The van der Waals surface area contributed by atoms with E-state index in [2.05, 4.69) is 17.2 Å². The molecule has 4 rings (SSSR count). The van der Waals surface area contributed by atoms with Crippen LogP contribution in [0.3, 0.4) is 0 Å². The van der Waals surface area contributed by atoms with E-state index in [0.29, 0.717) is 29.5 Å². The van der Waals surface area contributed by atoms with Crippen molar-refractivity contribution in [2.45, 2.75) is 58.0 Å². The first-order valence-electron chi connectivity index (χ1n) is 13.6. The zero-order valence-electron chi connectivity index (χ0n) is 22.8. The first kappa shape index (κ1) is 29.6. The van der Waals surface area contributed by atoms with Crippen LogP contribution >= 0.6 is 11.6 Å². The molecule has 1 amide bonds. The lowest BCUT2D eigenvalue weighted by Crippen LogP contribution is -2.29. The standard InChI is InChI=1S/C31H33ClN4O5/c1-2-3-11-27-34-29(32)24(16-17-28(37)38)36(27)20-22-12-14-23(15-13-22)33-30(39)26(19-21-8-5-4-6-9-21)35-18-7-10-25(35)31(40)41/h4-10,12-15,18,26H,2-3,11,16-17,19-20H2,1H3,(H,33,39)(H,37,38)(H,40,41). The van der Waals surface area contributed by atoms with Gasteiger partial charge in [-0.1, -0.05) is 67.4 Å². The number of anilines is 1. The summed E-state index contributed by atoms with van der Waals surface area (Å²) in [4.78, 5) is 41.0. The number of carbonyl (C=O) groups is 3. The van der Waals surface area contributed by atoms with Gasteiger partial charge in [0, 0.05) is 37.7 Å². The van der Waals surface area contributed by atoms with Gasteiger partial charge in [-0.2, -0.15) is 0 Å². The number of aromatic nitrogens is 3. The van der Waals surface area contributed by atoms with Gasteiger partial charge in [-0.05, 0) is 41.8 Å². The quantitative estimate of drug-likeness (QED) is 0.172. The van der Waals surface area contributed by atoms with Crippen LogP contribution in [0.25, 0.3) is 0 Å². The molecular weight excluding hydrogens is 544 g/mol. The zero-order valence-corrected chi connectivity index (χ0v) is 23.6. The number of halogens is 1. The number of nitrogens with zero attached hydrogens (tertiary/aromatic N) is 3. The van der Waals surface area contributed by atoms with Crippen molar-refractivity contribution >= 4 is 35.1 Å². The molecule has 0 fully saturated rings. The third kappa shape index (κ3) is 7.64. The van der Waals surface area contributed by atoms with Crippen LogP contribution in [0.4, 0.5) is 5.69 Å². The van der Waals surface area contributed by atoms with Gasteiger partial charge >= 0.3 is 11.9 Å². The van der Waals surface area contributed by atoms with E-state index >= 15 is 0 Å². The van der Waals surface area contributed by atoms with Gasteiger partial charge < -0.3 is 24.7 Å². The number of carboxylic acids is 2. The van der Waals surface area contributed by atoms with Gasteiger partial charge in [-0.25, -0.2) is 9.78 Å². The Bertz CT molecular complexity index is 1490. The zero-order chi connectivity index (χ0) is 29.4. The van der Waals surface area contributed by atoms with Crippen LogP contribution in [-0.4, -0.2) is 42.2 Å². The predicted molar refractivity (Wildman–Crippen MR) is 157 cm³/mol. The van der Waals surface area contributed by atoms with Crippen molar-refractivity contribution in [1.29, 1.82) is 0 Å². The summed E-state index contributed by atoms with van der Waals surface area (Å²) in [7, 11) is 0. The lowest BCUT2D eigenvalue weighted by atomic mass is 10.0. The van der Waals surface area contributed by atoms with E-state index in [1.807, 2.05) is 47.0 Å². The number of imidazole rings is 1. The fraction of sp³-hybridized carbons (Fsp3) is 0.290. The number of hydrogen-bond donors (Lipinski definition) is 3. The molecule has 0 bridgehead atoms. The van der Waals surface area contributed by atoms with Gasteiger partial charge in [-0.3, -0.25) is 9.59 Å². The number of unbranched alkanes of at least 4 members (excludes halogenated alkanes) is 1. The van der Waals surface area contributed by atoms with Gasteiger partial charge in [0.05, 0.1) is 12.1 Å². The van der Waals surface area contributed by atoms with Gasteiger partial charge in [0.25, 0.3) is 0 Å². The molecule has 10 heteroatoms. The molecule has 2 heterocycles. The average molecular weight is 577 g/mol. The summed E-state index contributed by atoms with van der Waals surface area (Å²) in [6, 6.07) is 19.1. The Hall–Kier alpha value is -4.37. The Kier molecular flexibility index (Phi) is 9.97. The van der Waals surface area contributed by atoms with Crippen molar-refractivity contribution in [2.75, 3.05) is 5.32 Å². The number of nitrogens with one attached hydrogen (secondary N) is 1. The Morgan fingerprint density at radius 2 is 1.68 bits per heavy atom. The monoisotopic (exact) mass is 576 g/mol. The van der Waals surface area contributed by atoms with Crippen molar-refractivity contribution in [3.63, 3.8) is 0 Å². The number of carbonyl (C=O) groups excluding carboxylic acids is 1. The fourth-order valence-corrected chi connectivity index (χ4v) is 5.08. The maximum absolute atomic E-state index is 13.5. The van der Waals surface area contributed by atoms with Crippen LogP contribution < -0.4 is 5.32 Å². The molecule has 1 unspecified atom stereocenters. The van der Waals surface area contributed by atoms with Crippen LogP contribution in [0.5, 0.6) is 0 Å². The molecule has 41 heavy (non-hydrogen) atoms. The van der Waals surface area contributed by atoms with E-state index in [-0.39, 0.29) is 24.4 Å². The number of rotatable bonds is 14. The van der Waals surface area contributed by atoms with Crippen molar-refractivity contribution in [3.8, 4) is 0 Å². The molecule has 4 aromatic rings. The summed E-state index contributed by atoms with van der Waals surface area (Å²) in [5.74, 6) is -1.52. The van der Waals surface area contributed by atoms with E-state index in [0.717, 1.165) is 36.2 Å². The largest absolute Gasteiger partial charge is 0.481 e. The Morgan fingerprint density at radius 3 is 2.34 bits per heavy atom. The third-order valence-corrected chi connectivity index (χ3v) is 7.21. The fourth-order valence-electron chi connectivity index (χ4n) is 4.78. The highest BCUT2D eigenvalue weighted by Crippen LogP contribution is 2.24. The number of benzene rings is 2. The van der Waals surface area contributed by atoms with E-state index in [1.54, 1.807) is 24.4 Å². The summed E-state index contributed by atoms with van der Waals surface area (Å²) in [6.07, 6.45) is 4.82. The average Bonchev–Trinajstić information content (AvgIpc) is 3.55. The molecule has 9 nitrogen and oxygen atoms in total. The van der Waals surface area contributed by atoms with Crippen LogP contribution in [-0.2, 0) is 35.4 Å². The number of aromatic carboxylic acids is 1. The second-order valence-corrected chi connectivity index (χ2v) is 10.2. The van der Waals surface area contributed by atoms with E-state index < -0.39 is 18.0 Å². The molecular formula is C31H33ClN4O5. The van der Waals surface area contributed by atoms with E-state index in [9.17, 15) is 24.6 Å². The Balaban J connectivity index is 1.54. The van der Waals surface area contributed by atoms with E-state index in [4.69, 9.17) is 11.6 Å². The molecule has 0 spiro atoms. The number of carboxylic acid groups (broad SMARTS) is 2. The molecule has 0 radical (unpaired) electrons. The minimum absolute atomic E-state index is 0.0352. The number of amides is 1. The van der Waals surface area contributed by atoms with Crippen LogP contribution in [0.15, 0.2) is 72.9 Å². The maximum atomic E-state index is 13.5. The van der Waals surface area contributed by atoms with Crippen molar-refractivity contribution < 1.29 is 24.6 Å². The Morgan fingerprint density at radius 1 is 0.951 bits per heavy atom. The molecule has 0 aliphatic rings. The summed E-state index contributed by atoms with van der Waals surface area (Å²) in [6.45, 7) is 2.56. The normalized spacial score (nSPS) is 11.8. The molecule has 1 atom stereocenters.